The van der Waals surface area contributed by atoms with Crippen LogP contribution in [0.3, 0.4) is 0 Å². The molecular weight excluding hydrogens is 200 g/mol. The van der Waals surface area contributed by atoms with E-state index < -0.39 is 0 Å². The second-order valence-electron chi connectivity index (χ2n) is 4.60. The molecule has 0 fully saturated rings. The average Bonchev–Trinajstić information content (AvgIpc) is 2.62. The van der Waals surface area contributed by atoms with Gasteiger partial charge in [-0.15, -0.1) is 0 Å². The highest BCUT2D eigenvalue weighted by Gasteiger charge is 2.26. The van der Waals surface area contributed by atoms with Crippen LogP contribution in [0.15, 0.2) is 23.0 Å². The number of allylic oxidation sites excluding steroid dienone is 2. The number of carbonyl (C=O) groups is 1. The zero-order valence-corrected chi connectivity index (χ0v) is 10.8. The van der Waals surface area contributed by atoms with Gasteiger partial charge in [-0.2, -0.15) is 0 Å². The molecule has 0 aromatic carbocycles. The predicted molar refractivity (Wildman–Crippen MR) is 65.9 cm³/mol. The summed E-state index contributed by atoms with van der Waals surface area (Å²) in [6, 6.07) is 0. The van der Waals surface area contributed by atoms with Gasteiger partial charge in [-0.1, -0.05) is 32.3 Å². The Labute approximate surface area is 98.4 Å². The third kappa shape index (κ3) is 2.97. The van der Waals surface area contributed by atoms with Gasteiger partial charge in [0.1, 0.15) is 5.76 Å². The summed E-state index contributed by atoms with van der Waals surface area (Å²) in [4.78, 5) is 11.6. The minimum absolute atomic E-state index is 0.176. The molecule has 0 radical (unpaired) electrons. The molecule has 0 amide bonds. The van der Waals surface area contributed by atoms with Crippen molar-refractivity contribution < 1.29 is 9.53 Å². The summed E-state index contributed by atoms with van der Waals surface area (Å²) < 4.78 is 5.35. The van der Waals surface area contributed by atoms with Gasteiger partial charge in [-0.3, -0.25) is 0 Å². The summed E-state index contributed by atoms with van der Waals surface area (Å²) in [5, 5.41) is 0. The van der Waals surface area contributed by atoms with E-state index in [2.05, 4.69) is 13.8 Å². The van der Waals surface area contributed by atoms with Crippen molar-refractivity contribution in [3.63, 3.8) is 0 Å². The van der Waals surface area contributed by atoms with Gasteiger partial charge in [0.15, 0.2) is 0 Å². The lowest BCUT2D eigenvalue weighted by Crippen LogP contribution is -2.06. The molecule has 0 aromatic heterocycles. The second kappa shape index (κ2) is 5.88. The van der Waals surface area contributed by atoms with Crippen molar-refractivity contribution in [3.8, 4) is 0 Å². The van der Waals surface area contributed by atoms with Gasteiger partial charge >= 0.3 is 5.97 Å². The Hall–Kier alpha value is -1.05. The quantitative estimate of drug-likeness (QED) is 0.519. The van der Waals surface area contributed by atoms with Crippen LogP contribution in [0.2, 0.25) is 0 Å². The maximum absolute atomic E-state index is 11.6. The zero-order chi connectivity index (χ0) is 12.1. The fourth-order valence-electron chi connectivity index (χ4n) is 1.94. The van der Waals surface area contributed by atoms with Crippen molar-refractivity contribution in [2.24, 2.45) is 5.92 Å². The monoisotopic (exact) mass is 222 g/mol. The molecule has 0 saturated carbocycles. The lowest BCUT2D eigenvalue weighted by Gasteiger charge is -2.14. The third-order valence-corrected chi connectivity index (χ3v) is 3.06. The van der Waals surface area contributed by atoms with Crippen LogP contribution in [0, 0.1) is 5.92 Å². The van der Waals surface area contributed by atoms with Gasteiger partial charge in [0.2, 0.25) is 0 Å². The summed E-state index contributed by atoms with van der Waals surface area (Å²) >= 11 is 0. The molecule has 1 rings (SSSR count). The van der Waals surface area contributed by atoms with E-state index in [4.69, 9.17) is 4.74 Å². The SMILES string of the molecule is CCCCC(CC)C1=CC(=C(C)C)C(=O)O1. The fraction of sp³-hybridized carbons (Fsp3) is 0.643. The fourth-order valence-corrected chi connectivity index (χ4v) is 1.94. The van der Waals surface area contributed by atoms with E-state index in [0.29, 0.717) is 5.92 Å². The zero-order valence-electron chi connectivity index (χ0n) is 10.8. The minimum atomic E-state index is -0.176. The van der Waals surface area contributed by atoms with E-state index >= 15 is 0 Å². The van der Waals surface area contributed by atoms with E-state index in [1.807, 2.05) is 19.9 Å². The molecule has 2 nitrogen and oxygen atoms in total. The summed E-state index contributed by atoms with van der Waals surface area (Å²) in [7, 11) is 0. The molecule has 2 heteroatoms. The topological polar surface area (TPSA) is 26.3 Å². The van der Waals surface area contributed by atoms with Gasteiger partial charge in [-0.05, 0) is 32.8 Å². The highest BCUT2D eigenvalue weighted by Crippen LogP contribution is 2.30. The van der Waals surface area contributed by atoms with Gasteiger partial charge in [0, 0.05) is 5.92 Å². The number of hydrogen-bond donors (Lipinski definition) is 0. The van der Waals surface area contributed by atoms with Gasteiger partial charge in [0.25, 0.3) is 0 Å². The van der Waals surface area contributed by atoms with Crippen molar-refractivity contribution >= 4 is 5.97 Å². The maximum Gasteiger partial charge on any atom is 0.343 e. The number of hydrogen-bond acceptors (Lipinski definition) is 2. The number of rotatable bonds is 5. The molecule has 1 heterocycles. The Morgan fingerprint density at radius 1 is 1.38 bits per heavy atom. The number of unbranched alkanes of at least 4 members (excludes halogenated alkanes) is 1. The summed E-state index contributed by atoms with van der Waals surface area (Å²) in [6.45, 7) is 8.23. The van der Waals surface area contributed by atoms with Crippen molar-refractivity contribution in [2.75, 3.05) is 0 Å². The predicted octanol–water partition coefficient (Wildman–Crippen LogP) is 3.98. The Kier molecular flexibility index (Phi) is 4.78. The van der Waals surface area contributed by atoms with E-state index in [9.17, 15) is 4.79 Å². The Morgan fingerprint density at radius 2 is 2.06 bits per heavy atom. The highest BCUT2D eigenvalue weighted by atomic mass is 16.5. The van der Waals surface area contributed by atoms with E-state index in [0.717, 1.165) is 29.7 Å². The first-order chi connectivity index (χ1) is 7.60. The van der Waals surface area contributed by atoms with Crippen LogP contribution in [-0.2, 0) is 9.53 Å². The normalized spacial score (nSPS) is 17.1. The molecule has 0 N–H and O–H groups in total. The molecule has 0 spiro atoms. The van der Waals surface area contributed by atoms with Gasteiger partial charge < -0.3 is 4.74 Å². The van der Waals surface area contributed by atoms with Crippen LogP contribution in [0.25, 0.3) is 0 Å². The molecule has 16 heavy (non-hydrogen) atoms. The smallest absolute Gasteiger partial charge is 0.343 e. The van der Waals surface area contributed by atoms with Crippen LogP contribution < -0.4 is 0 Å². The van der Waals surface area contributed by atoms with Crippen molar-refractivity contribution in [3.05, 3.63) is 23.0 Å². The van der Waals surface area contributed by atoms with E-state index in [1.54, 1.807) is 0 Å². The lowest BCUT2D eigenvalue weighted by atomic mass is 9.96. The maximum atomic E-state index is 11.6. The Bertz CT molecular complexity index is 320. The van der Waals surface area contributed by atoms with Crippen molar-refractivity contribution in [1.82, 2.24) is 0 Å². The van der Waals surface area contributed by atoms with Crippen LogP contribution in [0.4, 0.5) is 0 Å². The van der Waals surface area contributed by atoms with E-state index in [1.165, 1.54) is 12.8 Å². The first-order valence-electron chi connectivity index (χ1n) is 6.21. The Morgan fingerprint density at radius 3 is 2.50 bits per heavy atom. The summed E-state index contributed by atoms with van der Waals surface area (Å²) in [5.41, 5.74) is 1.77. The van der Waals surface area contributed by atoms with Crippen LogP contribution in [0.1, 0.15) is 53.4 Å². The van der Waals surface area contributed by atoms with E-state index in [-0.39, 0.29) is 5.97 Å². The number of esters is 1. The van der Waals surface area contributed by atoms with Crippen molar-refractivity contribution in [1.29, 1.82) is 0 Å². The minimum Gasteiger partial charge on any atom is -0.427 e. The number of ether oxygens (including phenoxy) is 1. The number of cyclic esters (lactones) is 1. The molecule has 0 aliphatic carbocycles. The van der Waals surface area contributed by atoms with Crippen LogP contribution >= 0.6 is 0 Å². The molecule has 0 saturated heterocycles. The second-order valence-corrected chi connectivity index (χ2v) is 4.60. The van der Waals surface area contributed by atoms with Gasteiger partial charge in [-0.25, -0.2) is 4.79 Å². The molecule has 0 aromatic rings. The number of carbonyl (C=O) groups excluding carboxylic acids is 1. The highest BCUT2D eigenvalue weighted by molar-refractivity contribution is 5.95. The molecule has 90 valence electrons. The van der Waals surface area contributed by atoms with Gasteiger partial charge in [0.05, 0.1) is 5.57 Å². The summed E-state index contributed by atoms with van der Waals surface area (Å²) in [6.07, 6.45) is 6.46. The largest absolute Gasteiger partial charge is 0.427 e. The molecule has 0 bridgehead atoms. The molecule has 1 aliphatic heterocycles. The van der Waals surface area contributed by atoms with Crippen LogP contribution in [-0.4, -0.2) is 5.97 Å². The average molecular weight is 222 g/mol. The molecule has 1 unspecified atom stereocenters. The first-order valence-corrected chi connectivity index (χ1v) is 6.21. The molecular formula is C14H22O2. The first kappa shape index (κ1) is 13.0. The molecule has 1 aliphatic rings. The lowest BCUT2D eigenvalue weighted by molar-refractivity contribution is -0.134. The third-order valence-electron chi connectivity index (χ3n) is 3.06. The van der Waals surface area contributed by atoms with Crippen molar-refractivity contribution in [2.45, 2.75) is 53.4 Å². The summed E-state index contributed by atoms with van der Waals surface area (Å²) in [5.74, 6) is 1.10. The van der Waals surface area contributed by atoms with Crippen LogP contribution in [0.5, 0.6) is 0 Å². The standard InChI is InChI=1S/C14H22O2/c1-5-7-8-11(6-2)13-9-12(10(3)4)14(15)16-13/h9,11H,5-8H2,1-4H3. The molecule has 1 atom stereocenters. The Balaban J connectivity index is 2.77.